The van der Waals surface area contributed by atoms with Gasteiger partial charge in [-0.1, -0.05) is 20.4 Å². The molecule has 5 heteroatoms. The number of carbonyl (C=O) groups is 1. The average Bonchev–Trinajstić information content (AvgIpc) is 2.96. The summed E-state index contributed by atoms with van der Waals surface area (Å²) in [6, 6.07) is 0. The first-order valence-electron chi connectivity index (χ1n) is 6.45. The lowest BCUT2D eigenvalue weighted by molar-refractivity contribution is -0.132. The number of hydrogen-bond acceptors (Lipinski definition) is 4. The molecule has 0 unspecified atom stereocenters. The van der Waals surface area contributed by atoms with Gasteiger partial charge < -0.3 is 9.64 Å². The highest BCUT2D eigenvalue weighted by molar-refractivity contribution is 7.03. The minimum Gasteiger partial charge on any atom is -0.376 e. The molecule has 0 saturated heterocycles. The molecule has 0 spiro atoms. The van der Waals surface area contributed by atoms with Gasteiger partial charge in [0.2, 0.25) is 5.91 Å². The Kier molecular flexibility index (Phi) is 6.18. The van der Waals surface area contributed by atoms with Crippen LogP contribution in [-0.2, 0) is 16.1 Å². The molecule has 0 radical (unpaired) electrons. The molecule has 0 aliphatic heterocycles. The molecule has 1 amide bonds. The monoisotopic (exact) mass is 282 g/mol. The van der Waals surface area contributed by atoms with Crippen LogP contribution in [0.15, 0.2) is 24.2 Å². The van der Waals surface area contributed by atoms with Gasteiger partial charge in [-0.3, -0.25) is 4.79 Å². The first kappa shape index (κ1) is 15.9. The molecule has 4 nitrogen and oxygen atoms in total. The zero-order chi connectivity index (χ0) is 14.3. The van der Waals surface area contributed by atoms with E-state index in [0.717, 1.165) is 18.4 Å². The van der Waals surface area contributed by atoms with Crippen LogP contribution >= 0.6 is 11.5 Å². The molecular formula is C14H22N2O2S. The molecule has 1 aromatic heterocycles. The van der Waals surface area contributed by atoms with Gasteiger partial charge in [0.25, 0.3) is 0 Å². The molecule has 106 valence electrons. The van der Waals surface area contributed by atoms with Gasteiger partial charge in [0.05, 0.1) is 12.1 Å². The van der Waals surface area contributed by atoms with Crippen molar-refractivity contribution in [1.29, 1.82) is 0 Å². The molecule has 0 bridgehead atoms. The Bertz CT molecular complexity index is 391. The third-order valence-corrected chi connectivity index (χ3v) is 4.18. The zero-order valence-electron chi connectivity index (χ0n) is 11.9. The highest BCUT2D eigenvalue weighted by Gasteiger charge is 2.30. The number of hydrogen-bond donors (Lipinski definition) is 0. The van der Waals surface area contributed by atoms with Crippen molar-refractivity contribution in [3.63, 3.8) is 0 Å². The second-order valence-corrected chi connectivity index (χ2v) is 5.18. The van der Waals surface area contributed by atoms with Crippen LogP contribution in [0, 0.1) is 0 Å². The molecule has 0 saturated carbocycles. The first-order valence-corrected chi connectivity index (χ1v) is 7.29. The molecule has 19 heavy (non-hydrogen) atoms. The third kappa shape index (κ3) is 4.14. The largest absolute Gasteiger partial charge is 0.376 e. The van der Waals surface area contributed by atoms with Crippen molar-refractivity contribution in [1.82, 2.24) is 9.27 Å². The van der Waals surface area contributed by atoms with E-state index in [1.165, 1.54) is 17.6 Å². The van der Waals surface area contributed by atoms with Crippen molar-refractivity contribution >= 4 is 17.4 Å². The molecule has 0 aliphatic carbocycles. The van der Waals surface area contributed by atoms with E-state index in [-0.39, 0.29) is 11.5 Å². The van der Waals surface area contributed by atoms with Crippen molar-refractivity contribution in [2.75, 3.05) is 13.7 Å². The van der Waals surface area contributed by atoms with Crippen LogP contribution in [0.5, 0.6) is 0 Å². The maximum absolute atomic E-state index is 12.0. The van der Waals surface area contributed by atoms with Crippen molar-refractivity contribution < 1.29 is 9.53 Å². The Labute approximate surface area is 119 Å². The van der Waals surface area contributed by atoms with Crippen molar-refractivity contribution in [2.24, 2.45) is 0 Å². The normalized spacial score (nSPS) is 11.3. The van der Waals surface area contributed by atoms with E-state index in [1.807, 2.05) is 5.38 Å². The number of methoxy groups -OCH3 is 1. The summed E-state index contributed by atoms with van der Waals surface area (Å²) in [4.78, 5) is 13.8. The fourth-order valence-corrected chi connectivity index (χ4v) is 2.57. The van der Waals surface area contributed by atoms with Crippen LogP contribution in [0.1, 0.15) is 32.3 Å². The van der Waals surface area contributed by atoms with Gasteiger partial charge in [-0.15, -0.1) is 0 Å². The summed E-state index contributed by atoms with van der Waals surface area (Å²) in [6.07, 6.45) is 4.87. The number of ether oxygens (including phenoxy) is 1. The Morgan fingerprint density at radius 3 is 2.68 bits per heavy atom. The maximum Gasteiger partial charge on any atom is 0.246 e. The van der Waals surface area contributed by atoms with Gasteiger partial charge in [-0.25, -0.2) is 4.37 Å². The lowest BCUT2D eigenvalue weighted by atomic mass is 9.96. The smallest absolute Gasteiger partial charge is 0.246 e. The first-order chi connectivity index (χ1) is 9.10. The fourth-order valence-electron chi connectivity index (χ4n) is 2.04. The Morgan fingerprint density at radius 2 is 2.26 bits per heavy atom. The Hall–Kier alpha value is -1.20. The summed E-state index contributed by atoms with van der Waals surface area (Å²) in [6.45, 7) is 8.85. The predicted molar refractivity (Wildman–Crippen MR) is 78.1 cm³/mol. The van der Waals surface area contributed by atoms with E-state index in [9.17, 15) is 4.79 Å². The summed E-state index contributed by atoms with van der Waals surface area (Å²) in [5.74, 6) is -0.0745. The second kappa shape index (κ2) is 7.40. The maximum atomic E-state index is 12.0. The fraction of sp³-hybridized carbons (Fsp3) is 0.571. The van der Waals surface area contributed by atoms with Crippen LogP contribution in [-0.4, -0.2) is 34.4 Å². The number of carbonyl (C=O) groups excluding carboxylic acids is 1. The van der Waals surface area contributed by atoms with Crippen LogP contribution < -0.4 is 0 Å². The SMILES string of the molecule is C=CC(=O)N(Cc1cnsc1)CC(CC)(CC)OC. The van der Waals surface area contributed by atoms with Crippen LogP contribution in [0.25, 0.3) is 0 Å². The lowest BCUT2D eigenvalue weighted by Crippen LogP contribution is -2.45. The summed E-state index contributed by atoms with van der Waals surface area (Å²) >= 11 is 1.39. The van der Waals surface area contributed by atoms with Crippen LogP contribution in [0.2, 0.25) is 0 Å². The molecular weight excluding hydrogens is 260 g/mol. The zero-order valence-corrected chi connectivity index (χ0v) is 12.7. The van der Waals surface area contributed by atoms with E-state index in [4.69, 9.17) is 4.74 Å². The molecule has 0 aliphatic rings. The van der Waals surface area contributed by atoms with Gasteiger partial charge in [-0.05, 0) is 30.5 Å². The van der Waals surface area contributed by atoms with E-state index in [2.05, 4.69) is 24.8 Å². The van der Waals surface area contributed by atoms with Gasteiger partial charge in [0.15, 0.2) is 0 Å². The summed E-state index contributed by atoms with van der Waals surface area (Å²) in [7, 11) is 1.70. The molecule has 1 aromatic rings. The molecule has 0 aromatic carbocycles. The minimum absolute atomic E-state index is 0.0745. The number of amides is 1. The van der Waals surface area contributed by atoms with Crippen molar-refractivity contribution in [3.05, 3.63) is 29.8 Å². The van der Waals surface area contributed by atoms with Crippen LogP contribution in [0.3, 0.4) is 0 Å². The summed E-state index contributed by atoms with van der Waals surface area (Å²) in [5.41, 5.74) is 0.750. The van der Waals surface area contributed by atoms with Gasteiger partial charge >= 0.3 is 0 Å². The molecule has 0 fully saturated rings. The second-order valence-electron chi connectivity index (χ2n) is 4.53. The number of nitrogens with zero attached hydrogens (tertiary/aromatic N) is 2. The van der Waals surface area contributed by atoms with Gasteiger partial charge in [0.1, 0.15) is 0 Å². The highest BCUT2D eigenvalue weighted by atomic mass is 32.1. The quantitative estimate of drug-likeness (QED) is 0.689. The Balaban J connectivity index is 2.85. The van der Waals surface area contributed by atoms with Crippen molar-refractivity contribution in [2.45, 2.75) is 38.8 Å². The van der Waals surface area contributed by atoms with Gasteiger partial charge in [0, 0.05) is 30.8 Å². The molecule has 0 atom stereocenters. The van der Waals surface area contributed by atoms with E-state index in [1.54, 1.807) is 18.2 Å². The van der Waals surface area contributed by atoms with E-state index >= 15 is 0 Å². The molecule has 1 rings (SSSR count). The number of rotatable bonds is 8. The van der Waals surface area contributed by atoms with Gasteiger partial charge in [-0.2, -0.15) is 0 Å². The van der Waals surface area contributed by atoms with E-state index < -0.39 is 0 Å². The Morgan fingerprint density at radius 1 is 1.58 bits per heavy atom. The standard InChI is InChI=1S/C14H22N2O2S/c1-5-13(17)16(9-12-8-15-19-10-12)11-14(6-2,7-3)18-4/h5,8,10H,1,6-7,9,11H2,2-4H3. The lowest BCUT2D eigenvalue weighted by Gasteiger charge is -2.35. The third-order valence-electron chi connectivity index (χ3n) is 3.54. The van der Waals surface area contributed by atoms with E-state index in [0.29, 0.717) is 13.1 Å². The van der Waals surface area contributed by atoms with Crippen molar-refractivity contribution in [3.8, 4) is 0 Å². The highest BCUT2D eigenvalue weighted by Crippen LogP contribution is 2.22. The molecule has 0 N–H and O–H groups in total. The summed E-state index contributed by atoms with van der Waals surface area (Å²) < 4.78 is 9.70. The topological polar surface area (TPSA) is 42.4 Å². The predicted octanol–water partition coefficient (Wildman–Crippen LogP) is 2.86. The number of aromatic nitrogens is 1. The minimum atomic E-state index is -0.290. The molecule has 1 heterocycles. The van der Waals surface area contributed by atoms with Crippen LogP contribution in [0.4, 0.5) is 0 Å². The summed E-state index contributed by atoms with van der Waals surface area (Å²) in [5, 5.41) is 1.95. The average molecular weight is 282 g/mol.